The van der Waals surface area contributed by atoms with Crippen molar-refractivity contribution in [2.75, 3.05) is 11.4 Å². The molecule has 2 aliphatic rings. The van der Waals surface area contributed by atoms with Gasteiger partial charge < -0.3 is 0 Å². The van der Waals surface area contributed by atoms with Gasteiger partial charge in [0.25, 0.3) is 5.82 Å². The van der Waals surface area contributed by atoms with Gasteiger partial charge in [-0.05, 0) is 25.0 Å². The molecule has 1 saturated carbocycles. The molecule has 0 spiro atoms. The molecule has 0 N–H and O–H groups in total. The average Bonchev–Trinajstić information content (AvgIpc) is 3.26. The quantitative estimate of drug-likeness (QED) is 0.482. The van der Waals surface area contributed by atoms with Gasteiger partial charge in [-0.15, -0.1) is 0 Å². The first-order valence-corrected chi connectivity index (χ1v) is 7.53. The van der Waals surface area contributed by atoms with Crippen molar-refractivity contribution >= 4 is 27.5 Å². The number of fused-ring (bicyclic) bond motifs is 6. The molecule has 1 aliphatic carbocycles. The van der Waals surface area contributed by atoms with E-state index in [-0.39, 0.29) is 0 Å². The van der Waals surface area contributed by atoms with Crippen LogP contribution in [0.25, 0.3) is 21.7 Å². The Hall–Kier alpha value is -2.09. The number of hydrogen-bond acceptors (Lipinski definition) is 1. The van der Waals surface area contributed by atoms with E-state index in [0.717, 1.165) is 12.6 Å². The van der Waals surface area contributed by atoms with Crippen LogP contribution in [0.15, 0.2) is 48.5 Å². The van der Waals surface area contributed by atoms with Crippen molar-refractivity contribution in [3.63, 3.8) is 0 Å². The molecular weight excluding hydrogens is 244 g/mol. The van der Waals surface area contributed by atoms with Crippen LogP contribution in [-0.4, -0.2) is 12.6 Å². The van der Waals surface area contributed by atoms with E-state index in [2.05, 4.69) is 58.0 Å². The van der Waals surface area contributed by atoms with E-state index in [0.29, 0.717) is 0 Å². The molecule has 2 heterocycles. The molecule has 0 radical (unpaired) electrons. The number of para-hydroxylation sites is 1. The lowest BCUT2D eigenvalue weighted by Gasteiger charge is -2.13. The first-order valence-electron chi connectivity index (χ1n) is 7.53. The van der Waals surface area contributed by atoms with Crippen LogP contribution < -0.4 is 9.47 Å². The topological polar surface area (TPSA) is 7.12 Å². The van der Waals surface area contributed by atoms with Crippen molar-refractivity contribution in [1.29, 1.82) is 0 Å². The molecular formula is C18H17N2+. The summed E-state index contributed by atoms with van der Waals surface area (Å²) in [6, 6.07) is 18.5. The Kier molecular flexibility index (Phi) is 1.99. The molecule has 98 valence electrons. The van der Waals surface area contributed by atoms with Gasteiger partial charge in [-0.25, -0.2) is 4.57 Å². The largest absolute Gasteiger partial charge is 0.285 e. The van der Waals surface area contributed by atoms with Crippen molar-refractivity contribution in [3.05, 3.63) is 48.5 Å². The first kappa shape index (κ1) is 10.7. The molecule has 2 nitrogen and oxygen atoms in total. The van der Waals surface area contributed by atoms with Gasteiger partial charge in [-0.2, -0.15) is 0 Å². The van der Waals surface area contributed by atoms with E-state index in [1.807, 2.05) is 0 Å². The molecule has 3 aromatic rings. The van der Waals surface area contributed by atoms with Gasteiger partial charge in [0, 0.05) is 10.8 Å². The number of anilines is 1. The summed E-state index contributed by atoms with van der Waals surface area (Å²) in [5, 5.41) is 4.18. The number of hydrogen-bond donors (Lipinski definition) is 0. The maximum absolute atomic E-state index is 2.63. The number of nitrogens with zero attached hydrogens (tertiary/aromatic N) is 2. The van der Waals surface area contributed by atoms with E-state index in [4.69, 9.17) is 0 Å². The van der Waals surface area contributed by atoms with Crippen LogP contribution in [-0.2, 0) is 6.54 Å². The van der Waals surface area contributed by atoms with Crippen LogP contribution in [0.4, 0.5) is 5.82 Å². The fourth-order valence-electron chi connectivity index (χ4n) is 3.70. The summed E-state index contributed by atoms with van der Waals surface area (Å²) in [6.45, 7) is 2.29. The van der Waals surface area contributed by atoms with Gasteiger partial charge in [0.2, 0.25) is 0 Å². The van der Waals surface area contributed by atoms with Crippen molar-refractivity contribution in [3.8, 4) is 0 Å². The van der Waals surface area contributed by atoms with Crippen LogP contribution in [0.1, 0.15) is 12.8 Å². The third kappa shape index (κ3) is 1.31. The Labute approximate surface area is 118 Å². The normalized spacial score (nSPS) is 17.9. The molecule has 0 unspecified atom stereocenters. The van der Waals surface area contributed by atoms with Crippen LogP contribution in [0.2, 0.25) is 0 Å². The highest BCUT2D eigenvalue weighted by molar-refractivity contribution is 6.08. The van der Waals surface area contributed by atoms with E-state index in [1.165, 1.54) is 46.9 Å². The second kappa shape index (κ2) is 3.72. The van der Waals surface area contributed by atoms with Gasteiger partial charge in [0.15, 0.2) is 0 Å². The maximum atomic E-state index is 2.63. The summed E-state index contributed by atoms with van der Waals surface area (Å²) >= 11 is 0. The Morgan fingerprint density at radius 1 is 0.850 bits per heavy atom. The van der Waals surface area contributed by atoms with E-state index >= 15 is 0 Å². The molecule has 0 atom stereocenters. The smallest absolute Gasteiger partial charge is 0.254 e. The van der Waals surface area contributed by atoms with Crippen molar-refractivity contribution in [1.82, 2.24) is 0 Å². The summed E-state index contributed by atoms with van der Waals surface area (Å²) in [7, 11) is 0. The summed E-state index contributed by atoms with van der Waals surface area (Å²) < 4.78 is 2.52. The lowest BCUT2D eigenvalue weighted by Crippen LogP contribution is -2.33. The standard InChI is InChI=1S/C18H17N2/c1-2-7-16-14(5-1)15-6-3-4-8-17(15)20-12-11-19(18(16)20)13-9-10-13/h1-8,13H,9-12H2/q+1. The first-order chi connectivity index (χ1) is 9.93. The monoisotopic (exact) mass is 261 g/mol. The minimum Gasteiger partial charge on any atom is -0.254 e. The van der Waals surface area contributed by atoms with Crippen LogP contribution in [0.5, 0.6) is 0 Å². The van der Waals surface area contributed by atoms with E-state index < -0.39 is 0 Å². The summed E-state index contributed by atoms with van der Waals surface area (Å²) in [4.78, 5) is 2.63. The predicted molar refractivity (Wildman–Crippen MR) is 82.0 cm³/mol. The molecule has 1 aromatic heterocycles. The second-order valence-corrected chi connectivity index (χ2v) is 5.96. The van der Waals surface area contributed by atoms with Crippen molar-refractivity contribution < 1.29 is 4.57 Å². The van der Waals surface area contributed by atoms with Gasteiger partial charge in [0.05, 0.1) is 11.4 Å². The molecule has 1 aliphatic heterocycles. The Bertz CT molecular complexity index is 833. The van der Waals surface area contributed by atoms with Gasteiger partial charge in [0.1, 0.15) is 18.6 Å². The fourth-order valence-corrected chi connectivity index (χ4v) is 3.70. The third-order valence-electron chi connectivity index (χ3n) is 4.73. The molecule has 2 heteroatoms. The highest BCUT2D eigenvalue weighted by atomic mass is 15.3. The SMILES string of the molecule is c1ccc2c(c1)c1[n+](c3ccccc23)CCN1C1CC1. The molecule has 2 aromatic carbocycles. The number of rotatable bonds is 1. The number of benzene rings is 2. The van der Waals surface area contributed by atoms with Crippen LogP contribution in [0.3, 0.4) is 0 Å². The van der Waals surface area contributed by atoms with Gasteiger partial charge in [-0.1, -0.05) is 36.4 Å². The summed E-state index contributed by atoms with van der Waals surface area (Å²) in [6.07, 6.45) is 2.72. The lowest BCUT2D eigenvalue weighted by molar-refractivity contribution is -0.643. The highest BCUT2D eigenvalue weighted by Gasteiger charge is 2.42. The average molecular weight is 261 g/mol. The molecule has 20 heavy (non-hydrogen) atoms. The predicted octanol–water partition coefficient (Wildman–Crippen LogP) is 3.26. The van der Waals surface area contributed by atoms with Crippen LogP contribution >= 0.6 is 0 Å². The highest BCUT2D eigenvalue weighted by Crippen LogP contribution is 2.38. The minimum absolute atomic E-state index is 0.785. The minimum atomic E-state index is 0.785. The lowest BCUT2D eigenvalue weighted by atomic mass is 10.1. The zero-order chi connectivity index (χ0) is 13.1. The van der Waals surface area contributed by atoms with Crippen molar-refractivity contribution in [2.24, 2.45) is 0 Å². The maximum Gasteiger partial charge on any atom is 0.285 e. The van der Waals surface area contributed by atoms with E-state index in [9.17, 15) is 0 Å². The fraction of sp³-hybridized carbons (Fsp3) is 0.278. The summed E-state index contributed by atoms with van der Waals surface area (Å²) in [5.74, 6) is 1.45. The Balaban J connectivity index is 1.97. The van der Waals surface area contributed by atoms with Crippen molar-refractivity contribution in [2.45, 2.75) is 25.4 Å². The third-order valence-corrected chi connectivity index (χ3v) is 4.73. The number of pyridine rings is 1. The molecule has 0 bridgehead atoms. The van der Waals surface area contributed by atoms with Crippen LogP contribution in [0, 0.1) is 0 Å². The number of aromatic nitrogens is 1. The molecule has 0 saturated heterocycles. The molecule has 5 rings (SSSR count). The Morgan fingerprint density at radius 2 is 1.55 bits per heavy atom. The Morgan fingerprint density at radius 3 is 2.35 bits per heavy atom. The van der Waals surface area contributed by atoms with E-state index in [1.54, 1.807) is 0 Å². The zero-order valence-corrected chi connectivity index (χ0v) is 11.4. The van der Waals surface area contributed by atoms with Gasteiger partial charge >= 0.3 is 0 Å². The molecule has 0 amide bonds. The van der Waals surface area contributed by atoms with Gasteiger partial charge in [-0.3, -0.25) is 4.90 Å². The summed E-state index contributed by atoms with van der Waals surface area (Å²) in [5.41, 5.74) is 1.38. The molecule has 1 fully saturated rings. The second-order valence-electron chi connectivity index (χ2n) is 5.96. The zero-order valence-electron chi connectivity index (χ0n) is 11.4.